The SMILES string of the molecule is O=C1C2CC(Br)C(Br)CC2C(=O)N1c1ccc(O)cc1. The number of imide groups is 1. The van der Waals surface area contributed by atoms with Gasteiger partial charge in [0.2, 0.25) is 11.8 Å². The maximum Gasteiger partial charge on any atom is 0.237 e. The minimum absolute atomic E-state index is 0.117. The Morgan fingerprint density at radius 1 is 0.950 bits per heavy atom. The van der Waals surface area contributed by atoms with Crippen molar-refractivity contribution in [3.8, 4) is 5.75 Å². The first-order valence-electron chi connectivity index (χ1n) is 6.44. The Morgan fingerprint density at radius 2 is 1.40 bits per heavy atom. The molecule has 0 bridgehead atoms. The number of carbonyl (C=O) groups is 2. The summed E-state index contributed by atoms with van der Waals surface area (Å²) in [6.07, 6.45) is 1.33. The first-order chi connectivity index (χ1) is 9.49. The Labute approximate surface area is 133 Å². The summed E-state index contributed by atoms with van der Waals surface area (Å²) in [5.74, 6) is -0.626. The van der Waals surface area contributed by atoms with Crippen LogP contribution in [0.3, 0.4) is 0 Å². The van der Waals surface area contributed by atoms with Crippen LogP contribution in [0, 0.1) is 11.8 Å². The second-order valence-electron chi connectivity index (χ2n) is 5.24. The summed E-state index contributed by atoms with van der Waals surface area (Å²) < 4.78 is 0. The highest BCUT2D eigenvalue weighted by Crippen LogP contribution is 2.44. The summed E-state index contributed by atoms with van der Waals surface area (Å²) in [6.45, 7) is 0. The van der Waals surface area contributed by atoms with E-state index >= 15 is 0 Å². The molecule has 4 nitrogen and oxygen atoms in total. The summed E-state index contributed by atoms with van der Waals surface area (Å²) in [5.41, 5.74) is 0.532. The molecule has 2 aliphatic rings. The number of halogens is 2. The second kappa shape index (κ2) is 5.15. The first kappa shape index (κ1) is 14.1. The molecule has 6 heteroatoms. The van der Waals surface area contributed by atoms with Crippen LogP contribution in [0.5, 0.6) is 5.75 Å². The van der Waals surface area contributed by atoms with E-state index in [9.17, 15) is 14.7 Å². The van der Waals surface area contributed by atoms with Crippen molar-refractivity contribution in [2.75, 3.05) is 4.90 Å². The summed E-state index contributed by atoms with van der Waals surface area (Å²) in [6, 6.07) is 6.16. The molecule has 3 rings (SSSR count). The number of amides is 2. The maximum atomic E-state index is 12.5. The number of hydrogen-bond acceptors (Lipinski definition) is 3. The molecule has 1 N–H and O–H groups in total. The molecule has 1 aliphatic carbocycles. The van der Waals surface area contributed by atoms with Crippen molar-refractivity contribution in [3.05, 3.63) is 24.3 Å². The van der Waals surface area contributed by atoms with Gasteiger partial charge in [0.1, 0.15) is 5.75 Å². The zero-order valence-corrected chi connectivity index (χ0v) is 13.7. The number of alkyl halides is 2. The van der Waals surface area contributed by atoms with Gasteiger partial charge in [0.05, 0.1) is 17.5 Å². The summed E-state index contributed by atoms with van der Waals surface area (Å²) in [7, 11) is 0. The van der Waals surface area contributed by atoms with E-state index in [4.69, 9.17) is 0 Å². The molecule has 1 saturated carbocycles. The molecule has 4 unspecified atom stereocenters. The highest BCUT2D eigenvalue weighted by atomic mass is 79.9. The van der Waals surface area contributed by atoms with E-state index in [-0.39, 0.29) is 39.1 Å². The third kappa shape index (κ3) is 2.19. The number of fused-ring (bicyclic) bond motifs is 1. The summed E-state index contributed by atoms with van der Waals surface area (Å²) in [5, 5.41) is 9.31. The summed E-state index contributed by atoms with van der Waals surface area (Å²) in [4.78, 5) is 26.7. The molecule has 106 valence electrons. The molecule has 1 aromatic rings. The number of phenols is 1. The number of nitrogens with zero attached hydrogens (tertiary/aromatic N) is 1. The Morgan fingerprint density at radius 3 is 1.85 bits per heavy atom. The van der Waals surface area contributed by atoms with Crippen LogP contribution in [-0.2, 0) is 9.59 Å². The summed E-state index contributed by atoms with van der Waals surface area (Å²) >= 11 is 7.12. The van der Waals surface area contributed by atoms with Crippen LogP contribution in [0.1, 0.15) is 12.8 Å². The Kier molecular flexibility index (Phi) is 3.62. The normalized spacial score (nSPS) is 33.4. The minimum atomic E-state index is -0.241. The van der Waals surface area contributed by atoms with E-state index < -0.39 is 0 Å². The van der Waals surface area contributed by atoms with Crippen LogP contribution in [-0.4, -0.2) is 26.6 Å². The van der Waals surface area contributed by atoms with Crippen molar-refractivity contribution in [3.63, 3.8) is 0 Å². The monoisotopic (exact) mass is 401 g/mol. The van der Waals surface area contributed by atoms with Crippen molar-refractivity contribution in [2.24, 2.45) is 11.8 Å². The second-order valence-corrected chi connectivity index (χ2v) is 7.60. The van der Waals surface area contributed by atoms with E-state index in [1.807, 2.05) is 0 Å². The van der Waals surface area contributed by atoms with Gasteiger partial charge in [-0.3, -0.25) is 14.5 Å². The molecule has 1 aromatic carbocycles. The largest absolute Gasteiger partial charge is 0.508 e. The van der Waals surface area contributed by atoms with Gasteiger partial charge in [-0.15, -0.1) is 0 Å². The number of carbonyl (C=O) groups excluding carboxylic acids is 2. The molecule has 2 fully saturated rings. The third-order valence-corrected chi connectivity index (χ3v) is 6.75. The van der Waals surface area contributed by atoms with Crippen LogP contribution in [0.2, 0.25) is 0 Å². The van der Waals surface area contributed by atoms with Crippen molar-refractivity contribution in [1.82, 2.24) is 0 Å². The van der Waals surface area contributed by atoms with Gasteiger partial charge < -0.3 is 5.11 Å². The van der Waals surface area contributed by atoms with E-state index in [0.717, 1.165) is 0 Å². The standard InChI is InChI=1S/C14H13Br2NO3/c15-11-5-9-10(6-12(11)16)14(20)17(13(9)19)7-1-3-8(18)4-2-7/h1-4,9-12,18H,5-6H2. The lowest BCUT2D eigenvalue weighted by molar-refractivity contribution is -0.122. The number of rotatable bonds is 1. The molecular formula is C14H13Br2NO3. The van der Waals surface area contributed by atoms with E-state index in [2.05, 4.69) is 31.9 Å². The molecular weight excluding hydrogens is 390 g/mol. The van der Waals surface area contributed by atoms with Gasteiger partial charge in [-0.2, -0.15) is 0 Å². The molecule has 0 spiro atoms. The predicted octanol–water partition coefficient (Wildman–Crippen LogP) is 2.82. The van der Waals surface area contributed by atoms with Gasteiger partial charge in [-0.1, -0.05) is 31.9 Å². The van der Waals surface area contributed by atoms with Crippen molar-refractivity contribution in [1.29, 1.82) is 0 Å². The van der Waals surface area contributed by atoms with Crippen molar-refractivity contribution >= 4 is 49.4 Å². The van der Waals surface area contributed by atoms with Gasteiger partial charge in [-0.05, 0) is 37.1 Å². The number of anilines is 1. The third-order valence-electron chi connectivity index (χ3n) is 4.02. The van der Waals surface area contributed by atoms with Crippen molar-refractivity contribution < 1.29 is 14.7 Å². The number of hydrogen-bond donors (Lipinski definition) is 1. The number of benzene rings is 1. The van der Waals surface area contributed by atoms with Gasteiger partial charge in [-0.25, -0.2) is 0 Å². The molecule has 0 radical (unpaired) electrons. The topological polar surface area (TPSA) is 57.6 Å². The molecule has 4 atom stereocenters. The highest BCUT2D eigenvalue weighted by molar-refractivity contribution is 9.12. The average Bonchev–Trinajstić information content (AvgIpc) is 2.65. The lowest BCUT2D eigenvalue weighted by Crippen LogP contribution is -2.34. The smallest absolute Gasteiger partial charge is 0.237 e. The maximum absolute atomic E-state index is 12.5. The van der Waals surface area contributed by atoms with Gasteiger partial charge >= 0.3 is 0 Å². The number of aromatic hydroxyl groups is 1. The van der Waals surface area contributed by atoms with Crippen molar-refractivity contribution in [2.45, 2.75) is 22.5 Å². The average molecular weight is 403 g/mol. The van der Waals surface area contributed by atoms with Crippen LogP contribution >= 0.6 is 31.9 Å². The van der Waals surface area contributed by atoms with E-state index in [1.165, 1.54) is 17.0 Å². The molecule has 1 saturated heterocycles. The van der Waals surface area contributed by atoms with Crippen LogP contribution in [0.25, 0.3) is 0 Å². The van der Waals surface area contributed by atoms with Crippen LogP contribution in [0.4, 0.5) is 5.69 Å². The predicted molar refractivity (Wildman–Crippen MR) is 82.2 cm³/mol. The van der Waals surface area contributed by atoms with Gasteiger partial charge in [0, 0.05) is 9.65 Å². The molecule has 20 heavy (non-hydrogen) atoms. The Hall–Kier alpha value is -0.880. The molecule has 1 heterocycles. The van der Waals surface area contributed by atoms with Crippen LogP contribution in [0.15, 0.2) is 24.3 Å². The Balaban J connectivity index is 1.93. The van der Waals surface area contributed by atoms with Crippen LogP contribution < -0.4 is 4.90 Å². The molecule has 1 aliphatic heterocycles. The van der Waals surface area contributed by atoms with E-state index in [1.54, 1.807) is 12.1 Å². The fraction of sp³-hybridized carbons (Fsp3) is 0.429. The molecule has 0 aromatic heterocycles. The van der Waals surface area contributed by atoms with Gasteiger partial charge in [0.15, 0.2) is 0 Å². The lowest BCUT2D eigenvalue weighted by atomic mass is 9.81. The quantitative estimate of drug-likeness (QED) is 0.580. The first-order valence-corrected chi connectivity index (χ1v) is 8.27. The zero-order chi connectivity index (χ0) is 14.4. The fourth-order valence-corrected chi connectivity index (χ4v) is 4.19. The lowest BCUT2D eigenvalue weighted by Gasteiger charge is -2.29. The number of phenolic OH excluding ortho intramolecular Hbond substituents is 1. The minimum Gasteiger partial charge on any atom is -0.508 e. The highest BCUT2D eigenvalue weighted by Gasteiger charge is 2.52. The zero-order valence-electron chi connectivity index (χ0n) is 10.5. The van der Waals surface area contributed by atoms with Gasteiger partial charge in [0.25, 0.3) is 0 Å². The van der Waals surface area contributed by atoms with E-state index in [0.29, 0.717) is 18.5 Å². The fourth-order valence-electron chi connectivity index (χ4n) is 2.95. The molecule has 2 amide bonds. The Bertz CT molecular complexity index is 532.